The van der Waals surface area contributed by atoms with Crippen LogP contribution in [-0.4, -0.2) is 32.9 Å². The van der Waals surface area contributed by atoms with Crippen molar-refractivity contribution < 1.29 is 14.1 Å². The standard InChI is InChI=1S/C20H16ClN5O3/c21-14-6-7-18-24-15(12-26(18)11-14)9-22-19(27)10-23-20(28)16-8-17(29-25-16)13-4-2-1-3-5-13/h1-8,11-12H,9-10H2,(H,22,27)(H,23,28). The highest BCUT2D eigenvalue weighted by Gasteiger charge is 2.14. The second-order valence-corrected chi connectivity index (χ2v) is 6.68. The minimum Gasteiger partial charge on any atom is -0.355 e. The molecule has 9 heteroatoms. The first kappa shape index (κ1) is 18.7. The molecule has 146 valence electrons. The van der Waals surface area contributed by atoms with E-state index >= 15 is 0 Å². The molecule has 8 nitrogen and oxygen atoms in total. The van der Waals surface area contributed by atoms with Crippen molar-refractivity contribution in [3.8, 4) is 11.3 Å². The lowest BCUT2D eigenvalue weighted by atomic mass is 10.1. The highest BCUT2D eigenvalue weighted by Crippen LogP contribution is 2.19. The summed E-state index contributed by atoms with van der Waals surface area (Å²) >= 11 is 5.94. The fourth-order valence-electron chi connectivity index (χ4n) is 2.73. The Kier molecular flexibility index (Phi) is 5.26. The molecule has 3 heterocycles. The highest BCUT2D eigenvalue weighted by molar-refractivity contribution is 6.30. The molecular weight excluding hydrogens is 394 g/mol. The zero-order chi connectivity index (χ0) is 20.2. The molecule has 0 aliphatic rings. The zero-order valence-corrected chi connectivity index (χ0v) is 15.9. The monoisotopic (exact) mass is 409 g/mol. The van der Waals surface area contributed by atoms with E-state index in [4.69, 9.17) is 16.1 Å². The third kappa shape index (κ3) is 4.44. The van der Waals surface area contributed by atoms with E-state index in [1.165, 1.54) is 6.07 Å². The van der Waals surface area contributed by atoms with Crippen LogP contribution in [0.4, 0.5) is 0 Å². The van der Waals surface area contributed by atoms with E-state index in [-0.39, 0.29) is 24.7 Å². The molecule has 0 aliphatic carbocycles. The zero-order valence-electron chi connectivity index (χ0n) is 15.1. The Morgan fingerprint density at radius 2 is 1.90 bits per heavy atom. The van der Waals surface area contributed by atoms with Gasteiger partial charge in [-0.2, -0.15) is 0 Å². The van der Waals surface area contributed by atoms with Crippen molar-refractivity contribution in [3.05, 3.63) is 77.3 Å². The van der Waals surface area contributed by atoms with Gasteiger partial charge >= 0.3 is 0 Å². The first-order valence-corrected chi connectivity index (χ1v) is 9.16. The summed E-state index contributed by atoms with van der Waals surface area (Å²) in [5.74, 6) is -0.360. The number of pyridine rings is 1. The molecule has 0 saturated heterocycles. The van der Waals surface area contributed by atoms with Gasteiger partial charge in [0.05, 0.1) is 23.8 Å². The van der Waals surface area contributed by atoms with Gasteiger partial charge in [-0.15, -0.1) is 0 Å². The molecule has 3 aromatic heterocycles. The average Bonchev–Trinajstić information content (AvgIpc) is 3.38. The van der Waals surface area contributed by atoms with E-state index in [0.29, 0.717) is 16.5 Å². The van der Waals surface area contributed by atoms with Crippen LogP contribution in [0.5, 0.6) is 0 Å². The quantitative estimate of drug-likeness (QED) is 0.509. The molecule has 1 aromatic carbocycles. The number of carbonyl (C=O) groups is 2. The number of halogens is 1. The van der Waals surface area contributed by atoms with E-state index < -0.39 is 5.91 Å². The number of hydrogen-bond donors (Lipinski definition) is 2. The predicted molar refractivity (Wildman–Crippen MR) is 106 cm³/mol. The number of benzene rings is 1. The SMILES string of the molecule is O=C(CNC(=O)c1cc(-c2ccccc2)on1)NCc1cn2cc(Cl)ccc2n1. The van der Waals surface area contributed by atoms with Crippen LogP contribution >= 0.6 is 11.6 Å². The molecule has 0 radical (unpaired) electrons. The largest absolute Gasteiger partial charge is 0.355 e. The summed E-state index contributed by atoms with van der Waals surface area (Å²) < 4.78 is 6.97. The molecule has 0 fully saturated rings. The van der Waals surface area contributed by atoms with Crippen molar-refractivity contribution in [2.45, 2.75) is 6.54 Å². The van der Waals surface area contributed by atoms with E-state index in [2.05, 4.69) is 20.8 Å². The van der Waals surface area contributed by atoms with Crippen LogP contribution in [0.1, 0.15) is 16.2 Å². The Morgan fingerprint density at radius 3 is 2.72 bits per heavy atom. The molecular formula is C20H16ClN5O3. The number of nitrogens with zero attached hydrogens (tertiary/aromatic N) is 3. The Balaban J connectivity index is 1.29. The van der Waals surface area contributed by atoms with Gasteiger partial charge in [0.1, 0.15) is 5.65 Å². The molecule has 29 heavy (non-hydrogen) atoms. The molecule has 0 unspecified atom stereocenters. The highest BCUT2D eigenvalue weighted by atomic mass is 35.5. The van der Waals surface area contributed by atoms with Crippen LogP contribution < -0.4 is 10.6 Å². The molecule has 4 aromatic rings. The number of carbonyl (C=O) groups excluding carboxylic acids is 2. The lowest BCUT2D eigenvalue weighted by Crippen LogP contribution is -2.36. The fourth-order valence-corrected chi connectivity index (χ4v) is 2.89. The van der Waals surface area contributed by atoms with Gasteiger partial charge in [0.2, 0.25) is 5.91 Å². The second kappa shape index (κ2) is 8.15. The maximum atomic E-state index is 12.2. The van der Waals surface area contributed by atoms with Crippen LogP contribution in [0.15, 0.2) is 65.4 Å². The summed E-state index contributed by atoms with van der Waals surface area (Å²) in [4.78, 5) is 28.6. The normalized spacial score (nSPS) is 10.8. The molecule has 0 bridgehead atoms. The molecule has 0 aliphatic heterocycles. The van der Waals surface area contributed by atoms with Crippen LogP contribution in [0.25, 0.3) is 17.0 Å². The maximum Gasteiger partial charge on any atom is 0.273 e. The molecule has 0 atom stereocenters. The van der Waals surface area contributed by atoms with Crippen LogP contribution in [0.2, 0.25) is 5.02 Å². The van der Waals surface area contributed by atoms with Gasteiger partial charge in [0.15, 0.2) is 11.5 Å². The van der Waals surface area contributed by atoms with Gasteiger partial charge in [-0.25, -0.2) is 4.98 Å². The summed E-state index contributed by atoms with van der Waals surface area (Å²) in [5, 5.41) is 9.57. The Morgan fingerprint density at radius 1 is 1.07 bits per heavy atom. The van der Waals surface area contributed by atoms with Crippen LogP contribution in [0, 0.1) is 0 Å². The number of amides is 2. The smallest absolute Gasteiger partial charge is 0.273 e. The Bertz CT molecular complexity index is 1170. The maximum absolute atomic E-state index is 12.2. The summed E-state index contributed by atoms with van der Waals surface area (Å²) in [6.07, 6.45) is 3.51. The third-order valence-corrected chi connectivity index (χ3v) is 4.37. The van der Waals surface area contributed by atoms with Crippen LogP contribution in [0.3, 0.4) is 0 Å². The number of aromatic nitrogens is 3. The van der Waals surface area contributed by atoms with Gasteiger partial charge in [-0.3, -0.25) is 9.59 Å². The summed E-state index contributed by atoms with van der Waals surface area (Å²) in [7, 11) is 0. The van der Waals surface area contributed by atoms with E-state index in [1.54, 1.807) is 28.9 Å². The van der Waals surface area contributed by atoms with Gasteiger partial charge < -0.3 is 19.6 Å². The van der Waals surface area contributed by atoms with Crippen LogP contribution in [-0.2, 0) is 11.3 Å². The van der Waals surface area contributed by atoms with Crippen molar-refractivity contribution >= 4 is 29.1 Å². The molecule has 0 spiro atoms. The Hall–Kier alpha value is -3.65. The lowest BCUT2D eigenvalue weighted by molar-refractivity contribution is -0.120. The fraction of sp³-hybridized carbons (Fsp3) is 0.100. The Labute approximate surface area is 170 Å². The summed E-state index contributed by atoms with van der Waals surface area (Å²) in [5.41, 5.74) is 2.32. The van der Waals surface area contributed by atoms with Gasteiger partial charge in [0.25, 0.3) is 5.91 Å². The number of rotatable bonds is 6. The number of hydrogen-bond acceptors (Lipinski definition) is 5. The van der Waals surface area contributed by atoms with E-state index in [9.17, 15) is 9.59 Å². The van der Waals surface area contributed by atoms with E-state index in [0.717, 1.165) is 11.2 Å². The summed E-state index contributed by atoms with van der Waals surface area (Å²) in [6.45, 7) is 0.0433. The van der Waals surface area contributed by atoms with Crippen molar-refractivity contribution in [2.24, 2.45) is 0 Å². The van der Waals surface area contributed by atoms with Crippen molar-refractivity contribution in [3.63, 3.8) is 0 Å². The van der Waals surface area contributed by atoms with Crippen molar-refractivity contribution in [2.75, 3.05) is 6.54 Å². The average molecular weight is 410 g/mol. The van der Waals surface area contributed by atoms with Gasteiger partial charge in [-0.05, 0) is 12.1 Å². The number of imidazole rings is 1. The summed E-state index contributed by atoms with van der Waals surface area (Å²) in [6, 6.07) is 14.4. The predicted octanol–water partition coefficient (Wildman–Crippen LogP) is 2.69. The van der Waals surface area contributed by atoms with E-state index in [1.807, 2.05) is 30.3 Å². The van der Waals surface area contributed by atoms with Crippen molar-refractivity contribution in [1.82, 2.24) is 25.2 Å². The minimum absolute atomic E-state index is 0.105. The minimum atomic E-state index is -0.492. The number of fused-ring (bicyclic) bond motifs is 1. The first-order valence-electron chi connectivity index (χ1n) is 8.79. The molecule has 0 saturated carbocycles. The molecule has 2 amide bonds. The van der Waals surface area contributed by atoms with Gasteiger partial charge in [-0.1, -0.05) is 47.1 Å². The number of nitrogens with one attached hydrogen (secondary N) is 2. The molecule has 4 rings (SSSR count). The lowest BCUT2D eigenvalue weighted by Gasteiger charge is -2.04. The topological polar surface area (TPSA) is 102 Å². The second-order valence-electron chi connectivity index (χ2n) is 6.25. The van der Waals surface area contributed by atoms with Crippen molar-refractivity contribution in [1.29, 1.82) is 0 Å². The first-order chi connectivity index (χ1) is 14.1. The van der Waals surface area contributed by atoms with Gasteiger partial charge in [0, 0.05) is 24.0 Å². The third-order valence-electron chi connectivity index (χ3n) is 4.14. The molecule has 2 N–H and O–H groups in total.